The molecule has 0 amide bonds. The van der Waals surface area contributed by atoms with Gasteiger partial charge in [-0.15, -0.1) is 0 Å². The van der Waals surface area contributed by atoms with Crippen LogP contribution in [0, 0.1) is 0 Å². The number of carbonyl (C=O) groups excluding carboxylic acids is 1. The second-order valence-electron chi connectivity index (χ2n) is 2.94. The van der Waals surface area contributed by atoms with E-state index in [0.29, 0.717) is 0 Å². The van der Waals surface area contributed by atoms with Crippen LogP contribution in [0.4, 0.5) is 8.78 Å². The Labute approximate surface area is 101 Å². The lowest BCUT2D eigenvalue weighted by Crippen LogP contribution is -2.09. The third-order valence-electron chi connectivity index (χ3n) is 1.90. The molecule has 1 rings (SSSR count). The van der Waals surface area contributed by atoms with Crippen LogP contribution in [0.2, 0.25) is 5.15 Å². The molecular formula is C10H10ClF2NO3. The maximum atomic E-state index is 12.6. The van der Waals surface area contributed by atoms with Gasteiger partial charge in [0.05, 0.1) is 19.3 Å². The summed E-state index contributed by atoms with van der Waals surface area (Å²) < 4.78 is 34.7. The SMILES string of the molecule is CCOC(=O)c1cc(OC)c(C(F)F)c(Cl)n1. The van der Waals surface area contributed by atoms with Gasteiger partial charge < -0.3 is 9.47 Å². The summed E-state index contributed by atoms with van der Waals surface area (Å²) in [6.45, 7) is 1.77. The molecule has 7 heteroatoms. The number of hydrogen-bond acceptors (Lipinski definition) is 4. The van der Waals surface area contributed by atoms with Gasteiger partial charge in [0, 0.05) is 6.07 Å². The van der Waals surface area contributed by atoms with Gasteiger partial charge in [-0.25, -0.2) is 18.6 Å². The molecular weight excluding hydrogens is 256 g/mol. The van der Waals surface area contributed by atoms with Crippen molar-refractivity contribution in [3.63, 3.8) is 0 Å². The largest absolute Gasteiger partial charge is 0.496 e. The summed E-state index contributed by atoms with van der Waals surface area (Å²) in [5.74, 6) is -0.934. The summed E-state index contributed by atoms with van der Waals surface area (Å²) >= 11 is 5.57. The molecule has 0 saturated heterocycles. The summed E-state index contributed by atoms with van der Waals surface area (Å²) in [5.41, 5.74) is -0.708. The van der Waals surface area contributed by atoms with E-state index in [-0.39, 0.29) is 18.1 Å². The molecule has 0 fully saturated rings. The summed E-state index contributed by atoms with van der Waals surface area (Å²) in [4.78, 5) is 14.9. The Hall–Kier alpha value is -1.43. The maximum absolute atomic E-state index is 12.6. The number of nitrogens with zero attached hydrogens (tertiary/aromatic N) is 1. The topological polar surface area (TPSA) is 48.4 Å². The van der Waals surface area contributed by atoms with E-state index in [0.717, 1.165) is 6.07 Å². The van der Waals surface area contributed by atoms with Gasteiger partial charge in [-0.05, 0) is 6.92 Å². The van der Waals surface area contributed by atoms with Crippen LogP contribution in [0.1, 0.15) is 29.4 Å². The molecule has 1 heterocycles. The molecule has 0 atom stereocenters. The molecule has 0 saturated carbocycles. The Morgan fingerprint density at radius 3 is 2.71 bits per heavy atom. The van der Waals surface area contributed by atoms with Crippen molar-refractivity contribution in [2.24, 2.45) is 0 Å². The highest BCUT2D eigenvalue weighted by Gasteiger charge is 2.23. The number of rotatable bonds is 4. The van der Waals surface area contributed by atoms with Crippen LogP contribution in [-0.2, 0) is 4.74 Å². The first kappa shape index (κ1) is 13.6. The van der Waals surface area contributed by atoms with Crippen molar-refractivity contribution in [3.05, 3.63) is 22.5 Å². The fourth-order valence-electron chi connectivity index (χ4n) is 1.18. The number of hydrogen-bond donors (Lipinski definition) is 0. The zero-order chi connectivity index (χ0) is 13.0. The fraction of sp³-hybridized carbons (Fsp3) is 0.400. The van der Waals surface area contributed by atoms with E-state index >= 15 is 0 Å². The first-order valence-electron chi connectivity index (χ1n) is 4.71. The van der Waals surface area contributed by atoms with Crippen molar-refractivity contribution in [2.75, 3.05) is 13.7 Å². The zero-order valence-electron chi connectivity index (χ0n) is 9.17. The minimum Gasteiger partial charge on any atom is -0.496 e. The second-order valence-corrected chi connectivity index (χ2v) is 3.29. The Bertz CT molecular complexity index is 426. The molecule has 94 valence electrons. The summed E-state index contributed by atoms with van der Waals surface area (Å²) in [6.07, 6.45) is -2.83. The number of aromatic nitrogens is 1. The first-order valence-corrected chi connectivity index (χ1v) is 5.08. The third-order valence-corrected chi connectivity index (χ3v) is 2.18. The fourth-order valence-corrected chi connectivity index (χ4v) is 1.44. The van der Waals surface area contributed by atoms with Gasteiger partial charge >= 0.3 is 5.97 Å². The number of carbonyl (C=O) groups is 1. The van der Waals surface area contributed by atoms with Gasteiger partial charge in [-0.3, -0.25) is 0 Å². The average molecular weight is 266 g/mol. The normalized spacial score (nSPS) is 10.5. The summed E-state index contributed by atoms with van der Waals surface area (Å²) in [6, 6.07) is 1.07. The molecule has 0 N–H and O–H groups in total. The van der Waals surface area contributed by atoms with Crippen molar-refractivity contribution in [1.82, 2.24) is 4.98 Å². The smallest absolute Gasteiger partial charge is 0.357 e. The highest BCUT2D eigenvalue weighted by atomic mass is 35.5. The lowest BCUT2D eigenvalue weighted by molar-refractivity contribution is 0.0518. The van der Waals surface area contributed by atoms with E-state index in [4.69, 9.17) is 16.3 Å². The quantitative estimate of drug-likeness (QED) is 0.620. The van der Waals surface area contributed by atoms with Crippen LogP contribution in [0.3, 0.4) is 0 Å². The molecule has 1 aromatic rings. The highest BCUT2D eigenvalue weighted by molar-refractivity contribution is 6.30. The number of pyridine rings is 1. The van der Waals surface area contributed by atoms with Crippen LogP contribution < -0.4 is 4.74 Å². The van der Waals surface area contributed by atoms with Crippen molar-refractivity contribution in [2.45, 2.75) is 13.3 Å². The Balaban J connectivity index is 3.22. The van der Waals surface area contributed by atoms with Crippen LogP contribution in [0.25, 0.3) is 0 Å². The second kappa shape index (κ2) is 5.77. The number of halogens is 3. The molecule has 0 aromatic carbocycles. The molecule has 0 aliphatic rings. The van der Waals surface area contributed by atoms with E-state index in [1.165, 1.54) is 7.11 Å². The van der Waals surface area contributed by atoms with Crippen LogP contribution in [0.5, 0.6) is 5.75 Å². The van der Waals surface area contributed by atoms with E-state index in [1.807, 2.05) is 0 Å². The van der Waals surface area contributed by atoms with Crippen LogP contribution >= 0.6 is 11.6 Å². The highest BCUT2D eigenvalue weighted by Crippen LogP contribution is 2.34. The molecule has 0 unspecified atom stereocenters. The Kier molecular flexibility index (Phi) is 4.62. The van der Waals surface area contributed by atoms with Gasteiger partial charge in [0.15, 0.2) is 5.69 Å². The van der Waals surface area contributed by atoms with E-state index in [2.05, 4.69) is 9.72 Å². The van der Waals surface area contributed by atoms with Gasteiger partial charge in [0.25, 0.3) is 6.43 Å². The molecule has 0 bridgehead atoms. The number of esters is 1. The van der Waals surface area contributed by atoms with Crippen LogP contribution in [0.15, 0.2) is 6.07 Å². The molecule has 17 heavy (non-hydrogen) atoms. The Morgan fingerprint density at radius 2 is 2.24 bits per heavy atom. The molecule has 4 nitrogen and oxygen atoms in total. The van der Waals surface area contributed by atoms with Crippen molar-refractivity contribution < 1.29 is 23.0 Å². The van der Waals surface area contributed by atoms with Gasteiger partial charge in [0.2, 0.25) is 0 Å². The average Bonchev–Trinajstić information content (AvgIpc) is 2.27. The predicted molar refractivity (Wildman–Crippen MR) is 56.7 cm³/mol. The minimum atomic E-state index is -2.83. The van der Waals surface area contributed by atoms with E-state index in [9.17, 15) is 13.6 Å². The van der Waals surface area contributed by atoms with Crippen molar-refractivity contribution in [3.8, 4) is 5.75 Å². The van der Waals surface area contributed by atoms with E-state index in [1.54, 1.807) is 6.92 Å². The van der Waals surface area contributed by atoms with Crippen molar-refractivity contribution in [1.29, 1.82) is 0 Å². The first-order chi connectivity index (χ1) is 8.01. The predicted octanol–water partition coefficient (Wildman–Crippen LogP) is 2.86. The summed E-state index contributed by atoms with van der Waals surface area (Å²) in [5, 5.41) is -0.470. The van der Waals surface area contributed by atoms with Gasteiger partial charge in [-0.1, -0.05) is 11.6 Å². The number of alkyl halides is 2. The Morgan fingerprint density at radius 1 is 1.59 bits per heavy atom. The molecule has 0 aliphatic carbocycles. The lowest BCUT2D eigenvalue weighted by Gasteiger charge is -2.10. The molecule has 0 radical (unpaired) electrons. The lowest BCUT2D eigenvalue weighted by atomic mass is 10.2. The minimum absolute atomic E-state index is 0.150. The monoisotopic (exact) mass is 265 g/mol. The van der Waals surface area contributed by atoms with Crippen molar-refractivity contribution >= 4 is 17.6 Å². The maximum Gasteiger partial charge on any atom is 0.357 e. The zero-order valence-corrected chi connectivity index (χ0v) is 9.92. The number of methoxy groups -OCH3 is 1. The van der Waals surface area contributed by atoms with E-state index < -0.39 is 23.1 Å². The standard InChI is InChI=1S/C10H10ClF2NO3/c1-3-17-10(15)5-4-6(16-2)7(9(12)13)8(11)14-5/h4,9H,3H2,1-2H3. The number of ether oxygens (including phenoxy) is 2. The van der Waals surface area contributed by atoms with Crippen LogP contribution in [-0.4, -0.2) is 24.7 Å². The third kappa shape index (κ3) is 3.03. The molecule has 1 aromatic heterocycles. The van der Waals surface area contributed by atoms with Gasteiger partial charge in [0.1, 0.15) is 10.9 Å². The summed E-state index contributed by atoms with van der Waals surface area (Å²) in [7, 11) is 1.20. The molecule has 0 spiro atoms. The van der Waals surface area contributed by atoms with Gasteiger partial charge in [-0.2, -0.15) is 0 Å². The molecule has 0 aliphatic heterocycles.